The Morgan fingerprint density at radius 2 is 2.10 bits per heavy atom. The fourth-order valence-corrected chi connectivity index (χ4v) is 2.69. The van der Waals surface area contributed by atoms with Gasteiger partial charge in [-0.25, -0.2) is 0 Å². The Balaban J connectivity index is 2.05. The third kappa shape index (κ3) is 4.14. The summed E-state index contributed by atoms with van der Waals surface area (Å²) in [6.45, 7) is -0.510. The highest BCUT2D eigenvalue weighted by Gasteiger charge is 2.30. The molecular weight excluding hydrogens is 280 g/mol. The van der Waals surface area contributed by atoms with Gasteiger partial charge in [-0.2, -0.15) is 8.78 Å². The maximum absolute atomic E-state index is 12.4. The van der Waals surface area contributed by atoms with Gasteiger partial charge in [-0.1, -0.05) is 0 Å². The number of alkyl halides is 2. The first kappa shape index (κ1) is 15.7. The van der Waals surface area contributed by atoms with E-state index < -0.39 is 12.7 Å². The van der Waals surface area contributed by atoms with E-state index in [2.05, 4.69) is 4.74 Å². The Labute approximate surface area is 122 Å². The molecule has 1 saturated heterocycles. The van der Waals surface area contributed by atoms with Gasteiger partial charge in [0, 0.05) is 18.2 Å². The molecule has 2 unspecified atom stereocenters. The fourth-order valence-electron chi connectivity index (χ4n) is 2.69. The van der Waals surface area contributed by atoms with E-state index in [1.165, 1.54) is 24.3 Å². The quantitative estimate of drug-likeness (QED) is 0.909. The summed E-state index contributed by atoms with van der Waals surface area (Å²) in [7, 11) is 0. The highest BCUT2D eigenvalue weighted by Crippen LogP contribution is 2.24. The number of ether oxygens (including phenoxy) is 1. The van der Waals surface area contributed by atoms with Crippen LogP contribution >= 0.6 is 0 Å². The molecule has 1 aliphatic rings. The molecule has 2 atom stereocenters. The number of hydrogen-bond donors (Lipinski definition) is 1. The maximum atomic E-state index is 12.4. The average Bonchev–Trinajstić information content (AvgIpc) is 2.85. The van der Waals surface area contributed by atoms with E-state index in [0.29, 0.717) is 18.5 Å². The van der Waals surface area contributed by atoms with E-state index >= 15 is 0 Å². The lowest BCUT2D eigenvalue weighted by molar-refractivity contribution is -0.0498. The molecule has 116 valence electrons. The SMILES string of the molecule is CC(O)CC1CCCN1C(=O)c1ccc(OC(F)F)cc1. The number of aliphatic hydroxyl groups excluding tert-OH is 1. The summed E-state index contributed by atoms with van der Waals surface area (Å²) in [6, 6.07) is 5.72. The Bertz CT molecular complexity index is 476. The Morgan fingerprint density at radius 1 is 1.43 bits per heavy atom. The highest BCUT2D eigenvalue weighted by atomic mass is 19.3. The predicted molar refractivity (Wildman–Crippen MR) is 73.4 cm³/mol. The number of rotatable bonds is 5. The number of carbonyl (C=O) groups is 1. The first-order valence-corrected chi connectivity index (χ1v) is 7.01. The number of amides is 1. The van der Waals surface area contributed by atoms with Crippen LogP contribution in [0.4, 0.5) is 8.78 Å². The molecule has 0 bridgehead atoms. The molecule has 0 radical (unpaired) electrons. The van der Waals surface area contributed by atoms with Gasteiger partial charge in [-0.15, -0.1) is 0 Å². The van der Waals surface area contributed by atoms with Gasteiger partial charge in [0.15, 0.2) is 0 Å². The largest absolute Gasteiger partial charge is 0.435 e. The van der Waals surface area contributed by atoms with E-state index in [-0.39, 0.29) is 17.7 Å². The van der Waals surface area contributed by atoms with Crippen molar-refractivity contribution in [2.75, 3.05) is 6.54 Å². The summed E-state index contributed by atoms with van der Waals surface area (Å²) in [4.78, 5) is 14.2. The Morgan fingerprint density at radius 3 is 2.67 bits per heavy atom. The molecule has 0 aromatic heterocycles. The first-order valence-electron chi connectivity index (χ1n) is 7.01. The van der Waals surface area contributed by atoms with Crippen LogP contribution in [0.3, 0.4) is 0 Å². The summed E-state index contributed by atoms with van der Waals surface area (Å²) < 4.78 is 28.4. The van der Waals surface area contributed by atoms with Crippen LogP contribution in [0.2, 0.25) is 0 Å². The molecule has 0 spiro atoms. The van der Waals surface area contributed by atoms with Gasteiger partial charge in [0.05, 0.1) is 6.10 Å². The molecule has 21 heavy (non-hydrogen) atoms. The van der Waals surface area contributed by atoms with Crippen molar-refractivity contribution >= 4 is 5.91 Å². The van der Waals surface area contributed by atoms with Gasteiger partial charge in [-0.3, -0.25) is 4.79 Å². The first-order chi connectivity index (χ1) is 9.97. The Kier molecular flexibility index (Phi) is 5.12. The zero-order valence-corrected chi connectivity index (χ0v) is 11.8. The number of aliphatic hydroxyl groups is 1. The van der Waals surface area contributed by atoms with E-state index in [4.69, 9.17) is 0 Å². The molecule has 1 aliphatic heterocycles. The van der Waals surface area contributed by atoms with Crippen molar-refractivity contribution in [3.63, 3.8) is 0 Å². The smallest absolute Gasteiger partial charge is 0.387 e. The molecule has 1 aromatic rings. The molecule has 1 fully saturated rings. The second-order valence-corrected chi connectivity index (χ2v) is 5.28. The third-order valence-corrected chi connectivity index (χ3v) is 3.58. The number of nitrogens with zero attached hydrogens (tertiary/aromatic N) is 1. The van der Waals surface area contributed by atoms with Crippen LogP contribution in [0.15, 0.2) is 24.3 Å². The van der Waals surface area contributed by atoms with E-state index in [1.807, 2.05) is 0 Å². The summed E-state index contributed by atoms with van der Waals surface area (Å²) in [5.41, 5.74) is 0.439. The monoisotopic (exact) mass is 299 g/mol. The van der Waals surface area contributed by atoms with Gasteiger partial charge in [-0.05, 0) is 50.5 Å². The lowest BCUT2D eigenvalue weighted by atomic mass is 10.1. The molecule has 6 heteroatoms. The van der Waals surface area contributed by atoms with E-state index in [9.17, 15) is 18.7 Å². The summed E-state index contributed by atoms with van der Waals surface area (Å²) >= 11 is 0. The van der Waals surface area contributed by atoms with E-state index in [1.54, 1.807) is 11.8 Å². The molecule has 0 saturated carbocycles. The van der Waals surface area contributed by atoms with Crippen LogP contribution in [0.25, 0.3) is 0 Å². The predicted octanol–water partition coefficient (Wildman–Crippen LogP) is 2.66. The zero-order valence-electron chi connectivity index (χ0n) is 11.8. The minimum Gasteiger partial charge on any atom is -0.435 e. The topological polar surface area (TPSA) is 49.8 Å². The molecular formula is C15H19F2NO3. The number of carbonyl (C=O) groups excluding carboxylic acids is 1. The van der Waals surface area contributed by atoms with Crippen molar-refractivity contribution in [2.24, 2.45) is 0 Å². The van der Waals surface area contributed by atoms with Crippen molar-refractivity contribution < 1.29 is 23.4 Å². The molecule has 1 heterocycles. The number of hydrogen-bond acceptors (Lipinski definition) is 3. The molecule has 2 rings (SSSR count). The minimum atomic E-state index is -2.87. The number of benzene rings is 1. The second kappa shape index (κ2) is 6.85. The number of likely N-dealkylation sites (tertiary alicyclic amines) is 1. The van der Waals surface area contributed by atoms with Crippen molar-refractivity contribution in [3.8, 4) is 5.75 Å². The van der Waals surface area contributed by atoms with Crippen LogP contribution in [0, 0.1) is 0 Å². The second-order valence-electron chi connectivity index (χ2n) is 5.28. The van der Waals surface area contributed by atoms with Gasteiger partial charge < -0.3 is 14.7 Å². The van der Waals surface area contributed by atoms with Gasteiger partial charge >= 0.3 is 6.61 Å². The highest BCUT2D eigenvalue weighted by molar-refractivity contribution is 5.94. The normalized spacial score (nSPS) is 19.9. The average molecular weight is 299 g/mol. The van der Waals surface area contributed by atoms with Crippen LogP contribution in [-0.2, 0) is 0 Å². The summed E-state index contributed by atoms with van der Waals surface area (Å²) in [5, 5.41) is 9.48. The molecule has 1 N–H and O–H groups in total. The van der Waals surface area contributed by atoms with Crippen molar-refractivity contribution in [2.45, 2.75) is 44.9 Å². The van der Waals surface area contributed by atoms with Gasteiger partial charge in [0.1, 0.15) is 5.75 Å². The lowest BCUT2D eigenvalue weighted by Crippen LogP contribution is -2.37. The van der Waals surface area contributed by atoms with Crippen LogP contribution in [0.5, 0.6) is 5.75 Å². The standard InChI is InChI=1S/C15H19F2NO3/c1-10(19)9-12-3-2-8-18(12)14(20)11-4-6-13(7-5-11)21-15(16)17/h4-7,10,12,15,19H,2-3,8-9H2,1H3. The molecule has 1 amide bonds. The number of halogens is 2. The summed E-state index contributed by atoms with van der Waals surface area (Å²) in [6.07, 6.45) is 1.89. The zero-order chi connectivity index (χ0) is 15.4. The minimum absolute atomic E-state index is 0.0310. The van der Waals surface area contributed by atoms with Crippen molar-refractivity contribution in [1.82, 2.24) is 4.90 Å². The van der Waals surface area contributed by atoms with E-state index in [0.717, 1.165) is 12.8 Å². The lowest BCUT2D eigenvalue weighted by Gasteiger charge is -2.25. The van der Waals surface area contributed by atoms with Gasteiger partial charge in [0.25, 0.3) is 5.91 Å². The summed E-state index contributed by atoms with van der Waals surface area (Å²) in [5.74, 6) is -0.106. The third-order valence-electron chi connectivity index (χ3n) is 3.58. The molecule has 4 nitrogen and oxygen atoms in total. The maximum Gasteiger partial charge on any atom is 0.387 e. The van der Waals surface area contributed by atoms with Gasteiger partial charge in [0.2, 0.25) is 0 Å². The van der Waals surface area contributed by atoms with Crippen LogP contribution in [0.1, 0.15) is 36.5 Å². The van der Waals surface area contributed by atoms with Crippen molar-refractivity contribution in [3.05, 3.63) is 29.8 Å². The molecule has 1 aromatic carbocycles. The van der Waals surface area contributed by atoms with Crippen LogP contribution < -0.4 is 4.74 Å². The van der Waals surface area contributed by atoms with Crippen molar-refractivity contribution in [1.29, 1.82) is 0 Å². The van der Waals surface area contributed by atoms with Crippen LogP contribution in [-0.4, -0.2) is 41.2 Å². The molecule has 0 aliphatic carbocycles. The fraction of sp³-hybridized carbons (Fsp3) is 0.533. The Hall–Kier alpha value is -1.69.